The van der Waals surface area contributed by atoms with Crippen LogP contribution in [0.5, 0.6) is 11.5 Å². The van der Waals surface area contributed by atoms with Gasteiger partial charge in [0.05, 0.1) is 18.4 Å². The lowest BCUT2D eigenvalue weighted by Crippen LogP contribution is -2.12. The van der Waals surface area contributed by atoms with Gasteiger partial charge in [0.2, 0.25) is 0 Å². The minimum atomic E-state index is -0.367. The lowest BCUT2D eigenvalue weighted by Gasteiger charge is -2.07. The molecule has 1 heterocycles. The average Bonchev–Trinajstić information content (AvgIpc) is 3.18. The van der Waals surface area contributed by atoms with Crippen molar-refractivity contribution in [1.29, 1.82) is 0 Å². The van der Waals surface area contributed by atoms with E-state index < -0.39 is 0 Å². The van der Waals surface area contributed by atoms with Crippen LogP contribution in [0.4, 0.5) is 5.69 Å². The van der Waals surface area contributed by atoms with E-state index in [4.69, 9.17) is 9.47 Å². The Labute approximate surface area is 155 Å². The third-order valence-corrected chi connectivity index (χ3v) is 4.44. The highest BCUT2D eigenvalue weighted by Gasteiger charge is 2.09. The standard InChI is InChI=1S/C20H17NO4S/c1-24-17-5-2-4-14(12-17)13-19(22)25-16-9-7-15(8-10-16)21-20(23)18-6-3-11-26-18/h2-12H,13H2,1H3,(H,21,23). The van der Waals surface area contributed by atoms with Crippen molar-refractivity contribution in [2.45, 2.75) is 6.42 Å². The number of carbonyl (C=O) groups is 2. The molecular formula is C20H17NO4S. The molecule has 1 aromatic heterocycles. The average molecular weight is 367 g/mol. The van der Waals surface area contributed by atoms with E-state index in [1.54, 1.807) is 43.5 Å². The topological polar surface area (TPSA) is 64.6 Å². The second-order valence-electron chi connectivity index (χ2n) is 5.46. The van der Waals surface area contributed by atoms with Crippen LogP contribution < -0.4 is 14.8 Å². The lowest BCUT2D eigenvalue weighted by molar-refractivity contribution is -0.133. The summed E-state index contributed by atoms with van der Waals surface area (Å²) in [5.74, 6) is 0.588. The van der Waals surface area contributed by atoms with Crippen LogP contribution in [-0.2, 0) is 11.2 Å². The third kappa shape index (κ3) is 4.70. The van der Waals surface area contributed by atoms with E-state index in [2.05, 4.69) is 5.32 Å². The summed E-state index contributed by atoms with van der Waals surface area (Å²) >= 11 is 1.37. The summed E-state index contributed by atoms with van der Waals surface area (Å²) in [5.41, 5.74) is 1.45. The maximum Gasteiger partial charge on any atom is 0.315 e. The molecule has 0 aliphatic heterocycles. The van der Waals surface area contributed by atoms with Crippen molar-refractivity contribution in [3.8, 4) is 11.5 Å². The molecule has 0 aliphatic carbocycles. The predicted molar refractivity (Wildman–Crippen MR) is 101 cm³/mol. The maximum atomic E-state index is 12.1. The Balaban J connectivity index is 1.56. The van der Waals surface area contributed by atoms with Crippen LogP contribution in [0.1, 0.15) is 15.2 Å². The summed E-state index contributed by atoms with van der Waals surface area (Å²) in [6.07, 6.45) is 0.147. The lowest BCUT2D eigenvalue weighted by atomic mass is 10.1. The number of thiophene rings is 1. The summed E-state index contributed by atoms with van der Waals surface area (Å²) in [6, 6.07) is 17.5. The monoisotopic (exact) mass is 367 g/mol. The number of nitrogens with one attached hydrogen (secondary N) is 1. The molecule has 0 spiro atoms. The zero-order chi connectivity index (χ0) is 18.4. The molecule has 0 unspecified atom stereocenters. The van der Waals surface area contributed by atoms with Crippen molar-refractivity contribution in [3.63, 3.8) is 0 Å². The highest BCUT2D eigenvalue weighted by atomic mass is 32.1. The van der Waals surface area contributed by atoms with Crippen molar-refractivity contribution in [2.24, 2.45) is 0 Å². The van der Waals surface area contributed by atoms with Gasteiger partial charge in [-0.1, -0.05) is 18.2 Å². The molecule has 0 saturated carbocycles. The highest BCUT2D eigenvalue weighted by molar-refractivity contribution is 7.12. The summed E-state index contributed by atoms with van der Waals surface area (Å²) < 4.78 is 10.5. The van der Waals surface area contributed by atoms with Gasteiger partial charge in [-0.3, -0.25) is 9.59 Å². The fourth-order valence-electron chi connectivity index (χ4n) is 2.32. The molecule has 3 rings (SSSR count). The first-order chi connectivity index (χ1) is 12.6. The van der Waals surface area contributed by atoms with Crippen LogP contribution in [0.25, 0.3) is 0 Å². The molecule has 0 radical (unpaired) electrons. The first kappa shape index (κ1) is 17.7. The first-order valence-corrected chi connectivity index (χ1v) is 8.80. The molecule has 6 heteroatoms. The van der Waals surface area contributed by atoms with E-state index in [0.29, 0.717) is 22.1 Å². The van der Waals surface area contributed by atoms with Gasteiger partial charge in [0, 0.05) is 5.69 Å². The van der Waals surface area contributed by atoms with Gasteiger partial charge in [0.1, 0.15) is 11.5 Å². The minimum Gasteiger partial charge on any atom is -0.497 e. The summed E-state index contributed by atoms with van der Waals surface area (Å²) in [5, 5.41) is 4.64. The first-order valence-electron chi connectivity index (χ1n) is 7.92. The van der Waals surface area contributed by atoms with Gasteiger partial charge < -0.3 is 14.8 Å². The van der Waals surface area contributed by atoms with E-state index in [1.165, 1.54) is 11.3 Å². The third-order valence-electron chi connectivity index (χ3n) is 3.57. The number of hydrogen-bond donors (Lipinski definition) is 1. The number of ether oxygens (including phenoxy) is 2. The van der Waals surface area contributed by atoms with Crippen molar-refractivity contribution in [3.05, 3.63) is 76.5 Å². The van der Waals surface area contributed by atoms with E-state index in [-0.39, 0.29) is 18.3 Å². The highest BCUT2D eigenvalue weighted by Crippen LogP contribution is 2.19. The molecular weight excluding hydrogens is 350 g/mol. The van der Waals surface area contributed by atoms with Gasteiger partial charge in [-0.2, -0.15) is 0 Å². The van der Waals surface area contributed by atoms with Crippen LogP contribution >= 0.6 is 11.3 Å². The quantitative estimate of drug-likeness (QED) is 0.525. The number of anilines is 1. The summed E-state index contributed by atoms with van der Waals surface area (Å²) in [7, 11) is 1.58. The molecule has 2 aromatic carbocycles. The molecule has 0 bridgehead atoms. The number of amides is 1. The molecule has 3 aromatic rings. The number of benzene rings is 2. The number of esters is 1. The second kappa shape index (κ2) is 8.31. The number of hydrogen-bond acceptors (Lipinski definition) is 5. The molecule has 5 nitrogen and oxygen atoms in total. The predicted octanol–water partition coefficient (Wildman–Crippen LogP) is 4.16. The molecule has 1 N–H and O–H groups in total. The van der Waals surface area contributed by atoms with Gasteiger partial charge in [0.25, 0.3) is 5.91 Å². The van der Waals surface area contributed by atoms with E-state index >= 15 is 0 Å². The number of carbonyl (C=O) groups excluding carboxylic acids is 2. The fourth-order valence-corrected chi connectivity index (χ4v) is 2.94. The van der Waals surface area contributed by atoms with E-state index in [0.717, 1.165) is 5.56 Å². The Morgan fingerprint density at radius 3 is 2.50 bits per heavy atom. The van der Waals surface area contributed by atoms with Gasteiger partial charge in [-0.15, -0.1) is 11.3 Å². The smallest absolute Gasteiger partial charge is 0.315 e. The van der Waals surface area contributed by atoms with Gasteiger partial charge >= 0.3 is 5.97 Å². The minimum absolute atomic E-state index is 0.147. The Bertz CT molecular complexity index is 888. The SMILES string of the molecule is COc1cccc(CC(=O)Oc2ccc(NC(=O)c3cccs3)cc2)c1. The van der Waals surface area contributed by atoms with Crippen LogP contribution in [0.15, 0.2) is 66.0 Å². The zero-order valence-electron chi connectivity index (χ0n) is 14.1. The van der Waals surface area contributed by atoms with Crippen molar-refractivity contribution < 1.29 is 19.1 Å². The normalized spacial score (nSPS) is 10.2. The van der Waals surface area contributed by atoms with Gasteiger partial charge in [0.15, 0.2) is 0 Å². The van der Waals surface area contributed by atoms with Crippen molar-refractivity contribution >= 4 is 28.9 Å². The van der Waals surface area contributed by atoms with E-state index in [9.17, 15) is 9.59 Å². The molecule has 0 fully saturated rings. The Hall–Kier alpha value is -3.12. The second-order valence-corrected chi connectivity index (χ2v) is 6.41. The largest absolute Gasteiger partial charge is 0.497 e. The van der Waals surface area contributed by atoms with Crippen molar-refractivity contribution in [1.82, 2.24) is 0 Å². The van der Waals surface area contributed by atoms with Crippen LogP contribution in [-0.4, -0.2) is 19.0 Å². The number of rotatable bonds is 6. The van der Waals surface area contributed by atoms with Crippen molar-refractivity contribution in [2.75, 3.05) is 12.4 Å². The van der Waals surface area contributed by atoms with Crippen LogP contribution in [0, 0.1) is 0 Å². The van der Waals surface area contributed by atoms with Gasteiger partial charge in [-0.05, 0) is 53.4 Å². The Kier molecular flexibility index (Phi) is 5.66. The fraction of sp³-hybridized carbons (Fsp3) is 0.100. The summed E-state index contributed by atoms with van der Waals surface area (Å²) in [4.78, 5) is 24.7. The zero-order valence-corrected chi connectivity index (χ0v) is 14.9. The number of methoxy groups -OCH3 is 1. The molecule has 0 aliphatic rings. The van der Waals surface area contributed by atoms with Gasteiger partial charge in [-0.25, -0.2) is 0 Å². The van der Waals surface area contributed by atoms with Crippen LogP contribution in [0.3, 0.4) is 0 Å². The summed E-state index contributed by atoms with van der Waals surface area (Å²) in [6.45, 7) is 0. The molecule has 26 heavy (non-hydrogen) atoms. The molecule has 0 saturated heterocycles. The van der Waals surface area contributed by atoms with E-state index in [1.807, 2.05) is 29.6 Å². The molecule has 0 atom stereocenters. The molecule has 1 amide bonds. The maximum absolute atomic E-state index is 12.1. The van der Waals surface area contributed by atoms with Crippen LogP contribution in [0.2, 0.25) is 0 Å². The Morgan fingerprint density at radius 1 is 1.00 bits per heavy atom. The molecule has 132 valence electrons. The Morgan fingerprint density at radius 2 is 1.81 bits per heavy atom.